The van der Waals surface area contributed by atoms with Gasteiger partial charge in [-0.3, -0.25) is 9.69 Å². The van der Waals surface area contributed by atoms with E-state index in [2.05, 4.69) is 13.5 Å². The summed E-state index contributed by atoms with van der Waals surface area (Å²) in [5.74, 6) is -0.0535. The van der Waals surface area contributed by atoms with E-state index in [4.69, 9.17) is 16.3 Å². The smallest absolute Gasteiger partial charge is 0.225 e. The van der Waals surface area contributed by atoms with Crippen LogP contribution in [0.2, 0.25) is 5.02 Å². The predicted molar refractivity (Wildman–Crippen MR) is 89.0 cm³/mol. The molecule has 0 spiro atoms. The molecule has 0 aliphatic rings. The van der Waals surface area contributed by atoms with Crippen LogP contribution >= 0.6 is 11.6 Å². The van der Waals surface area contributed by atoms with Gasteiger partial charge in [0.25, 0.3) is 0 Å². The summed E-state index contributed by atoms with van der Waals surface area (Å²) in [5, 5.41) is 0.651. The number of hydrogen-bond donors (Lipinski definition) is 0. The Morgan fingerprint density at radius 1 is 1.48 bits per heavy atom. The number of benzene rings is 1. The summed E-state index contributed by atoms with van der Waals surface area (Å²) in [6.07, 6.45) is 4.56. The van der Waals surface area contributed by atoms with Crippen molar-refractivity contribution in [2.24, 2.45) is 0 Å². The second-order valence-corrected chi connectivity index (χ2v) is 5.42. The van der Waals surface area contributed by atoms with Crippen LogP contribution in [-0.2, 0) is 16.0 Å². The maximum absolute atomic E-state index is 12.0. The number of halogens is 1. The van der Waals surface area contributed by atoms with Crippen LogP contribution in [0.25, 0.3) is 0 Å². The van der Waals surface area contributed by atoms with E-state index in [0.29, 0.717) is 18.1 Å². The van der Waals surface area contributed by atoms with Gasteiger partial charge in [-0.05, 0) is 37.0 Å². The van der Waals surface area contributed by atoms with Gasteiger partial charge in [0.15, 0.2) is 0 Å². The summed E-state index contributed by atoms with van der Waals surface area (Å²) in [4.78, 5) is 13.7. The maximum Gasteiger partial charge on any atom is 0.225 e. The van der Waals surface area contributed by atoms with Gasteiger partial charge in [0.05, 0.1) is 5.69 Å². The Hall–Kier alpha value is -1.32. The van der Waals surface area contributed by atoms with E-state index in [9.17, 15) is 4.79 Å². The number of hydrogen-bond acceptors (Lipinski definition) is 2. The van der Waals surface area contributed by atoms with Crippen LogP contribution < -0.4 is 4.90 Å². The van der Waals surface area contributed by atoms with E-state index in [1.807, 2.05) is 25.1 Å². The zero-order valence-corrected chi connectivity index (χ0v) is 13.9. The lowest BCUT2D eigenvalue weighted by Crippen LogP contribution is -2.32. The van der Waals surface area contributed by atoms with Gasteiger partial charge in [-0.15, -0.1) is 6.58 Å². The molecule has 0 N–H and O–H groups in total. The summed E-state index contributed by atoms with van der Waals surface area (Å²) in [5.41, 5.74) is 2.76. The summed E-state index contributed by atoms with van der Waals surface area (Å²) in [7, 11) is 0. The number of amides is 1. The number of anilines is 1. The van der Waals surface area contributed by atoms with Crippen molar-refractivity contribution in [1.82, 2.24) is 0 Å². The molecule has 116 valence electrons. The quantitative estimate of drug-likeness (QED) is 0.402. The number of carbonyl (C=O) groups is 1. The highest BCUT2D eigenvalue weighted by Gasteiger charge is 2.19. The predicted octanol–water partition coefficient (Wildman–Crippen LogP) is 4.50. The Balaban J connectivity index is 3.08. The molecule has 1 aromatic rings. The average Bonchev–Trinajstić information content (AvgIpc) is 2.45. The van der Waals surface area contributed by atoms with Crippen molar-refractivity contribution in [1.29, 1.82) is 0 Å². The summed E-state index contributed by atoms with van der Waals surface area (Å²) in [6, 6.07) is 3.80. The van der Waals surface area contributed by atoms with Crippen LogP contribution in [0.1, 0.15) is 37.8 Å². The number of carbonyl (C=O) groups excluding carboxylic acids is 1. The number of allylic oxidation sites excluding steroid dienone is 1. The van der Waals surface area contributed by atoms with Gasteiger partial charge in [0.2, 0.25) is 5.91 Å². The van der Waals surface area contributed by atoms with Crippen molar-refractivity contribution in [2.45, 2.75) is 40.0 Å². The Morgan fingerprint density at radius 3 is 2.76 bits per heavy atom. The molecule has 0 bridgehead atoms. The van der Waals surface area contributed by atoms with Crippen LogP contribution in [0, 0.1) is 6.92 Å². The summed E-state index contributed by atoms with van der Waals surface area (Å²) < 4.78 is 5.62. The van der Waals surface area contributed by atoms with Crippen LogP contribution in [-0.4, -0.2) is 19.2 Å². The fourth-order valence-corrected chi connectivity index (χ4v) is 2.30. The highest BCUT2D eigenvalue weighted by Crippen LogP contribution is 2.31. The molecule has 1 amide bonds. The van der Waals surface area contributed by atoms with E-state index in [0.717, 1.165) is 29.7 Å². The van der Waals surface area contributed by atoms with Crippen LogP contribution in [0.15, 0.2) is 24.8 Å². The molecule has 0 aromatic heterocycles. The van der Waals surface area contributed by atoms with Gasteiger partial charge in [0.1, 0.15) is 6.73 Å². The molecule has 1 aromatic carbocycles. The Morgan fingerprint density at radius 2 is 2.19 bits per heavy atom. The molecule has 0 heterocycles. The molecule has 0 atom stereocenters. The second kappa shape index (κ2) is 8.85. The fraction of sp³-hybridized carbons (Fsp3) is 0.471. The largest absolute Gasteiger partial charge is 0.361 e. The SMILES string of the molecule is C=CCc1ccc(Cl)c(C)c1N(COCCCC)C(C)=O. The first-order chi connectivity index (χ1) is 10.0. The first-order valence-electron chi connectivity index (χ1n) is 7.27. The van der Waals surface area contributed by atoms with Gasteiger partial charge in [-0.2, -0.15) is 0 Å². The zero-order chi connectivity index (χ0) is 15.8. The normalized spacial score (nSPS) is 10.5. The molecule has 0 aliphatic carbocycles. The summed E-state index contributed by atoms with van der Waals surface area (Å²) in [6.45, 7) is 10.2. The highest BCUT2D eigenvalue weighted by atomic mass is 35.5. The average molecular weight is 310 g/mol. The van der Waals surface area contributed by atoms with Gasteiger partial charge < -0.3 is 4.74 Å². The van der Waals surface area contributed by atoms with Crippen molar-refractivity contribution in [3.63, 3.8) is 0 Å². The van der Waals surface area contributed by atoms with E-state index in [1.165, 1.54) is 0 Å². The van der Waals surface area contributed by atoms with Gasteiger partial charge in [0, 0.05) is 18.6 Å². The number of rotatable bonds is 8. The molecule has 3 nitrogen and oxygen atoms in total. The minimum atomic E-state index is -0.0535. The minimum absolute atomic E-state index is 0.0535. The Kier molecular flexibility index (Phi) is 7.48. The van der Waals surface area contributed by atoms with E-state index in [1.54, 1.807) is 11.8 Å². The third kappa shape index (κ3) is 4.87. The standard InChI is InChI=1S/C17H24ClNO2/c1-5-7-11-21-12-19(14(4)20)17-13(3)16(18)10-9-15(17)8-6-2/h6,9-10H,2,5,7-8,11-12H2,1,3-4H3. The Bertz CT molecular complexity index is 500. The third-order valence-electron chi connectivity index (χ3n) is 3.33. The minimum Gasteiger partial charge on any atom is -0.361 e. The van der Waals surface area contributed by atoms with Crippen molar-refractivity contribution in [2.75, 3.05) is 18.2 Å². The van der Waals surface area contributed by atoms with Crippen molar-refractivity contribution < 1.29 is 9.53 Å². The molecule has 0 radical (unpaired) electrons. The van der Waals surface area contributed by atoms with Crippen LogP contribution in [0.3, 0.4) is 0 Å². The molecule has 0 unspecified atom stereocenters. The fourth-order valence-electron chi connectivity index (χ4n) is 2.14. The van der Waals surface area contributed by atoms with Gasteiger partial charge in [-0.1, -0.05) is 37.1 Å². The van der Waals surface area contributed by atoms with E-state index >= 15 is 0 Å². The zero-order valence-electron chi connectivity index (χ0n) is 13.1. The molecule has 0 saturated carbocycles. The Labute approximate surface area is 132 Å². The second-order valence-electron chi connectivity index (χ2n) is 5.01. The number of unbranched alkanes of at least 4 members (excludes halogenated alkanes) is 1. The molecule has 0 fully saturated rings. The third-order valence-corrected chi connectivity index (χ3v) is 3.73. The van der Waals surface area contributed by atoms with Crippen molar-refractivity contribution >= 4 is 23.2 Å². The van der Waals surface area contributed by atoms with Crippen LogP contribution in [0.4, 0.5) is 5.69 Å². The van der Waals surface area contributed by atoms with E-state index in [-0.39, 0.29) is 12.6 Å². The summed E-state index contributed by atoms with van der Waals surface area (Å²) >= 11 is 6.21. The monoisotopic (exact) mass is 309 g/mol. The lowest BCUT2D eigenvalue weighted by Gasteiger charge is -2.26. The molecular weight excluding hydrogens is 286 g/mol. The maximum atomic E-state index is 12.0. The molecule has 0 saturated heterocycles. The first-order valence-corrected chi connectivity index (χ1v) is 7.65. The number of ether oxygens (including phenoxy) is 1. The molecule has 21 heavy (non-hydrogen) atoms. The lowest BCUT2D eigenvalue weighted by atomic mass is 10.0. The molecule has 4 heteroatoms. The lowest BCUT2D eigenvalue weighted by molar-refractivity contribution is -0.117. The van der Waals surface area contributed by atoms with Gasteiger partial charge in [-0.25, -0.2) is 0 Å². The van der Waals surface area contributed by atoms with Gasteiger partial charge >= 0.3 is 0 Å². The highest BCUT2D eigenvalue weighted by molar-refractivity contribution is 6.31. The topological polar surface area (TPSA) is 29.5 Å². The number of nitrogens with zero attached hydrogens (tertiary/aromatic N) is 1. The first kappa shape index (κ1) is 17.7. The molecule has 0 aliphatic heterocycles. The van der Waals surface area contributed by atoms with Crippen molar-refractivity contribution in [3.05, 3.63) is 40.9 Å². The van der Waals surface area contributed by atoms with E-state index < -0.39 is 0 Å². The molecular formula is C17H24ClNO2. The van der Waals surface area contributed by atoms with Crippen LogP contribution in [0.5, 0.6) is 0 Å². The molecule has 1 rings (SSSR count). The van der Waals surface area contributed by atoms with Crippen molar-refractivity contribution in [3.8, 4) is 0 Å².